The van der Waals surface area contributed by atoms with Gasteiger partial charge < -0.3 is 19.1 Å². The Labute approximate surface area is 198 Å². The fourth-order valence-electron chi connectivity index (χ4n) is 3.42. The minimum Gasteiger partial charge on any atom is -0.486 e. The summed E-state index contributed by atoms with van der Waals surface area (Å²) >= 11 is 1.48. The fourth-order valence-corrected chi connectivity index (χ4v) is 4.44. The van der Waals surface area contributed by atoms with Crippen LogP contribution in [0.3, 0.4) is 0 Å². The molecule has 0 saturated carbocycles. The number of halogens is 1. The van der Waals surface area contributed by atoms with Gasteiger partial charge in [0.15, 0.2) is 23.2 Å². The van der Waals surface area contributed by atoms with Crippen molar-refractivity contribution < 1.29 is 19.0 Å². The first-order valence-corrected chi connectivity index (χ1v) is 11.4. The van der Waals surface area contributed by atoms with E-state index in [1.165, 1.54) is 11.3 Å². The summed E-state index contributed by atoms with van der Waals surface area (Å²) in [5.74, 6) is 1.98. The lowest BCUT2D eigenvalue weighted by atomic mass is 10.3. The van der Waals surface area contributed by atoms with Gasteiger partial charge >= 0.3 is 0 Å². The van der Waals surface area contributed by atoms with Gasteiger partial charge in [0.2, 0.25) is 0 Å². The van der Waals surface area contributed by atoms with E-state index in [4.69, 9.17) is 19.2 Å². The van der Waals surface area contributed by atoms with E-state index in [1.807, 2.05) is 42.5 Å². The number of likely N-dealkylation sites (N-methyl/N-ethyl adjacent to an activating group) is 1. The SMILES string of the molecule is CCN(CC)CCN(C(=O)COc1ccccc1)c1nc2cc3c(cc2s1)OCCO3.Cl. The van der Waals surface area contributed by atoms with E-state index in [0.717, 1.165) is 35.6 Å². The van der Waals surface area contributed by atoms with Crippen LogP contribution in [0.2, 0.25) is 0 Å². The van der Waals surface area contributed by atoms with E-state index < -0.39 is 0 Å². The maximum absolute atomic E-state index is 13.1. The average molecular weight is 478 g/mol. The zero-order chi connectivity index (χ0) is 21.6. The molecule has 0 unspecified atom stereocenters. The summed E-state index contributed by atoms with van der Waals surface area (Å²) in [6, 6.07) is 13.2. The van der Waals surface area contributed by atoms with Gasteiger partial charge in [-0.15, -0.1) is 12.4 Å². The smallest absolute Gasteiger partial charge is 0.266 e. The third kappa shape index (κ3) is 5.62. The molecule has 9 heteroatoms. The Hall–Kier alpha value is -2.55. The minimum atomic E-state index is -0.118. The second-order valence-corrected chi connectivity index (χ2v) is 8.14. The lowest BCUT2D eigenvalue weighted by molar-refractivity contribution is -0.120. The van der Waals surface area contributed by atoms with Gasteiger partial charge in [-0.3, -0.25) is 9.69 Å². The van der Waals surface area contributed by atoms with Crippen molar-refractivity contribution in [2.24, 2.45) is 0 Å². The standard InChI is InChI=1S/C23H27N3O4S.ClH/c1-3-25(4-2)10-11-26(22(27)16-30-17-8-6-5-7-9-17)23-24-18-14-19-20(15-21(18)31-23)29-13-12-28-19;/h5-9,14-15H,3-4,10-13,16H2,1-2H3;1H. The molecule has 2 aromatic carbocycles. The quantitative estimate of drug-likeness (QED) is 0.459. The molecule has 172 valence electrons. The zero-order valence-corrected chi connectivity index (χ0v) is 19.9. The van der Waals surface area contributed by atoms with Crippen LogP contribution in [0.25, 0.3) is 10.2 Å². The molecule has 0 fully saturated rings. The summed E-state index contributed by atoms with van der Waals surface area (Å²) < 4.78 is 18.0. The van der Waals surface area contributed by atoms with Crippen LogP contribution in [-0.4, -0.2) is 61.8 Å². The zero-order valence-electron chi connectivity index (χ0n) is 18.3. The van der Waals surface area contributed by atoms with Gasteiger partial charge in [0, 0.05) is 25.2 Å². The molecule has 4 rings (SSSR count). The maximum Gasteiger partial charge on any atom is 0.266 e. The second kappa shape index (κ2) is 11.4. The van der Waals surface area contributed by atoms with Crippen LogP contribution in [0, 0.1) is 0 Å². The van der Waals surface area contributed by atoms with Crippen molar-refractivity contribution in [1.82, 2.24) is 9.88 Å². The molecule has 1 aliphatic heterocycles. The highest BCUT2D eigenvalue weighted by Crippen LogP contribution is 2.38. The van der Waals surface area contributed by atoms with Gasteiger partial charge in [0.25, 0.3) is 5.91 Å². The number of fused-ring (bicyclic) bond motifs is 2. The van der Waals surface area contributed by atoms with Crippen molar-refractivity contribution >= 4 is 45.0 Å². The van der Waals surface area contributed by atoms with Crippen molar-refractivity contribution in [1.29, 1.82) is 0 Å². The number of benzene rings is 2. The van der Waals surface area contributed by atoms with Crippen LogP contribution >= 0.6 is 23.7 Å². The van der Waals surface area contributed by atoms with Crippen LogP contribution < -0.4 is 19.1 Å². The summed E-state index contributed by atoms with van der Waals surface area (Å²) in [6.07, 6.45) is 0. The molecule has 3 aromatic rings. The van der Waals surface area contributed by atoms with Crippen LogP contribution in [-0.2, 0) is 4.79 Å². The van der Waals surface area contributed by atoms with E-state index in [1.54, 1.807) is 4.90 Å². The number of hydrogen-bond donors (Lipinski definition) is 0. The number of nitrogens with zero attached hydrogens (tertiary/aromatic N) is 3. The first-order valence-electron chi connectivity index (χ1n) is 10.6. The second-order valence-electron chi connectivity index (χ2n) is 7.13. The molecule has 0 bridgehead atoms. The van der Waals surface area contributed by atoms with Crippen molar-refractivity contribution in [3.63, 3.8) is 0 Å². The molecule has 0 spiro atoms. The van der Waals surface area contributed by atoms with Crippen LogP contribution in [0.1, 0.15) is 13.8 Å². The van der Waals surface area contributed by atoms with E-state index in [2.05, 4.69) is 18.7 Å². The van der Waals surface area contributed by atoms with E-state index in [-0.39, 0.29) is 24.9 Å². The number of para-hydroxylation sites is 1. The third-order valence-corrected chi connectivity index (χ3v) is 6.25. The number of carbonyl (C=O) groups is 1. The average Bonchev–Trinajstić information content (AvgIpc) is 3.21. The molecule has 0 radical (unpaired) electrons. The molecule has 0 atom stereocenters. The molecular weight excluding hydrogens is 450 g/mol. The summed E-state index contributed by atoms with van der Waals surface area (Å²) in [4.78, 5) is 21.9. The van der Waals surface area contributed by atoms with Gasteiger partial charge in [0.05, 0.1) is 10.2 Å². The normalized spacial score (nSPS) is 12.5. The Kier molecular flexibility index (Phi) is 8.55. The molecule has 0 N–H and O–H groups in total. The number of rotatable bonds is 9. The monoisotopic (exact) mass is 477 g/mol. The molecule has 7 nitrogen and oxygen atoms in total. The largest absolute Gasteiger partial charge is 0.486 e. The van der Waals surface area contributed by atoms with Crippen molar-refractivity contribution in [3.8, 4) is 17.2 Å². The topological polar surface area (TPSA) is 64.1 Å². The highest BCUT2D eigenvalue weighted by molar-refractivity contribution is 7.22. The Morgan fingerprint density at radius 3 is 2.44 bits per heavy atom. The lowest BCUT2D eigenvalue weighted by Gasteiger charge is -2.24. The van der Waals surface area contributed by atoms with E-state index >= 15 is 0 Å². The lowest BCUT2D eigenvalue weighted by Crippen LogP contribution is -2.41. The van der Waals surface area contributed by atoms with Gasteiger partial charge in [-0.25, -0.2) is 4.98 Å². The molecule has 32 heavy (non-hydrogen) atoms. The van der Waals surface area contributed by atoms with E-state index in [0.29, 0.717) is 36.4 Å². The molecule has 0 saturated heterocycles. The van der Waals surface area contributed by atoms with Crippen molar-refractivity contribution in [2.75, 3.05) is 50.9 Å². The number of thiazole rings is 1. The van der Waals surface area contributed by atoms with Crippen molar-refractivity contribution in [3.05, 3.63) is 42.5 Å². The Morgan fingerprint density at radius 2 is 1.75 bits per heavy atom. The van der Waals surface area contributed by atoms with E-state index in [9.17, 15) is 4.79 Å². The molecule has 0 aliphatic carbocycles. The Bertz CT molecular complexity index is 984. The maximum atomic E-state index is 13.1. The van der Waals surface area contributed by atoms with Crippen LogP contribution in [0.4, 0.5) is 5.13 Å². The third-order valence-electron chi connectivity index (χ3n) is 5.21. The predicted octanol–water partition coefficient (Wildman–Crippen LogP) is 4.24. The first-order chi connectivity index (χ1) is 15.2. The molecule has 1 amide bonds. The molecular formula is C23H28ClN3O4S. The summed E-state index contributed by atoms with van der Waals surface area (Å²) in [5.41, 5.74) is 0.800. The van der Waals surface area contributed by atoms with Gasteiger partial charge in [-0.05, 0) is 25.2 Å². The number of anilines is 1. The van der Waals surface area contributed by atoms with Gasteiger partial charge in [-0.1, -0.05) is 43.4 Å². The molecule has 1 aromatic heterocycles. The molecule has 1 aliphatic rings. The Morgan fingerprint density at radius 1 is 1.06 bits per heavy atom. The number of carbonyl (C=O) groups excluding carboxylic acids is 1. The number of hydrogen-bond acceptors (Lipinski definition) is 7. The number of aromatic nitrogens is 1. The highest BCUT2D eigenvalue weighted by Gasteiger charge is 2.23. The molecule has 2 heterocycles. The van der Waals surface area contributed by atoms with Crippen LogP contribution in [0.15, 0.2) is 42.5 Å². The first kappa shape index (κ1) is 24.1. The summed E-state index contributed by atoms with van der Waals surface area (Å²) in [6.45, 7) is 8.44. The minimum absolute atomic E-state index is 0. The Balaban J connectivity index is 0.00000289. The highest BCUT2D eigenvalue weighted by atomic mass is 35.5. The van der Waals surface area contributed by atoms with Crippen molar-refractivity contribution in [2.45, 2.75) is 13.8 Å². The van der Waals surface area contributed by atoms with Gasteiger partial charge in [0.1, 0.15) is 19.0 Å². The number of amides is 1. The summed E-state index contributed by atoms with van der Waals surface area (Å²) in [7, 11) is 0. The fraction of sp³-hybridized carbons (Fsp3) is 0.391. The van der Waals surface area contributed by atoms with Gasteiger partial charge in [-0.2, -0.15) is 0 Å². The number of ether oxygens (including phenoxy) is 3. The predicted molar refractivity (Wildman–Crippen MR) is 130 cm³/mol. The summed E-state index contributed by atoms with van der Waals surface area (Å²) in [5, 5.41) is 0.658. The van der Waals surface area contributed by atoms with Crippen LogP contribution in [0.5, 0.6) is 17.2 Å².